The zero-order valence-electron chi connectivity index (χ0n) is 12.0. The molecule has 1 aliphatic heterocycles. The first-order valence-corrected chi connectivity index (χ1v) is 7.88. The van der Waals surface area contributed by atoms with Gasteiger partial charge in [-0.2, -0.15) is 11.8 Å². The van der Waals surface area contributed by atoms with Crippen molar-refractivity contribution >= 4 is 23.6 Å². The van der Waals surface area contributed by atoms with Crippen molar-refractivity contribution < 1.29 is 4.79 Å². The van der Waals surface area contributed by atoms with Crippen LogP contribution in [-0.4, -0.2) is 60.0 Å². The van der Waals surface area contributed by atoms with Crippen LogP contribution in [0.3, 0.4) is 0 Å². The molecule has 0 aromatic rings. The maximum atomic E-state index is 11.7. The number of carbonyl (C=O) groups is 1. The van der Waals surface area contributed by atoms with E-state index in [0.717, 1.165) is 37.6 Å². The van der Waals surface area contributed by atoms with Gasteiger partial charge in [0.1, 0.15) is 0 Å². The zero-order chi connectivity index (χ0) is 13.9. The van der Waals surface area contributed by atoms with Gasteiger partial charge >= 0.3 is 0 Å². The number of nitrogens with one attached hydrogen (secondary N) is 2. The number of thioether (sulfide) groups is 1. The van der Waals surface area contributed by atoms with Crippen molar-refractivity contribution in [3.63, 3.8) is 0 Å². The summed E-state index contributed by atoms with van der Waals surface area (Å²) >= 11 is 1.99. The maximum Gasteiger partial charge on any atom is 0.239 e. The first kappa shape index (κ1) is 14.5. The fourth-order valence-electron chi connectivity index (χ4n) is 2.20. The second kappa shape index (κ2) is 6.03. The topological polar surface area (TPSA) is 56.7 Å². The van der Waals surface area contributed by atoms with Crippen molar-refractivity contribution in [1.82, 2.24) is 15.5 Å². The summed E-state index contributed by atoms with van der Waals surface area (Å²) in [6.45, 7) is 6.75. The van der Waals surface area contributed by atoms with Crippen molar-refractivity contribution in [2.75, 3.05) is 32.4 Å². The van der Waals surface area contributed by atoms with Crippen LogP contribution in [0.4, 0.5) is 0 Å². The van der Waals surface area contributed by atoms with E-state index < -0.39 is 0 Å². The minimum atomic E-state index is 0.0642. The van der Waals surface area contributed by atoms with E-state index in [9.17, 15) is 4.79 Å². The average molecular weight is 284 g/mol. The molecule has 2 N–H and O–H groups in total. The second-order valence-electron chi connectivity index (χ2n) is 5.77. The van der Waals surface area contributed by atoms with Crippen molar-refractivity contribution in [2.24, 2.45) is 4.99 Å². The second-order valence-corrected chi connectivity index (χ2v) is 7.57. The van der Waals surface area contributed by atoms with Crippen LogP contribution in [0.2, 0.25) is 0 Å². The van der Waals surface area contributed by atoms with E-state index in [4.69, 9.17) is 0 Å². The third kappa shape index (κ3) is 4.60. The molecule has 5 nitrogen and oxygen atoms in total. The Morgan fingerprint density at radius 3 is 2.79 bits per heavy atom. The Kier molecular flexibility index (Phi) is 4.60. The fraction of sp³-hybridized carbons (Fsp3) is 0.846. The molecule has 1 amide bonds. The van der Waals surface area contributed by atoms with Crippen molar-refractivity contribution in [3.8, 4) is 0 Å². The largest absolute Gasteiger partial charge is 0.352 e. The summed E-state index contributed by atoms with van der Waals surface area (Å²) in [7, 11) is 1.77. The smallest absolute Gasteiger partial charge is 0.239 e. The Balaban J connectivity index is 1.80. The van der Waals surface area contributed by atoms with Crippen LogP contribution in [0.25, 0.3) is 0 Å². The van der Waals surface area contributed by atoms with Gasteiger partial charge < -0.3 is 15.5 Å². The standard InChI is InChI=1S/C13H24N4OS/c1-13(2)9-17(6-7-19-13)12(14-3)15-8-11(18)16-10-4-5-10/h10H,4-9H2,1-3H3,(H,14,15)(H,16,18). The lowest BCUT2D eigenvalue weighted by molar-refractivity contribution is -0.120. The summed E-state index contributed by atoms with van der Waals surface area (Å²) in [5.41, 5.74) is 0. The summed E-state index contributed by atoms with van der Waals surface area (Å²) in [6.07, 6.45) is 2.25. The number of guanidine groups is 1. The number of nitrogens with zero attached hydrogens (tertiary/aromatic N) is 2. The Morgan fingerprint density at radius 2 is 2.21 bits per heavy atom. The Labute approximate surface area is 119 Å². The molecule has 1 heterocycles. The Morgan fingerprint density at radius 1 is 1.47 bits per heavy atom. The number of rotatable bonds is 3. The van der Waals surface area contributed by atoms with E-state index in [0.29, 0.717) is 12.6 Å². The molecule has 2 fully saturated rings. The van der Waals surface area contributed by atoms with Gasteiger partial charge in [-0.3, -0.25) is 9.79 Å². The highest BCUT2D eigenvalue weighted by Crippen LogP contribution is 2.29. The fourth-order valence-corrected chi connectivity index (χ4v) is 3.31. The minimum absolute atomic E-state index is 0.0642. The molecule has 2 aliphatic rings. The minimum Gasteiger partial charge on any atom is -0.352 e. The Bertz CT molecular complexity index is 366. The summed E-state index contributed by atoms with van der Waals surface area (Å²) in [4.78, 5) is 18.2. The number of amides is 1. The first-order valence-electron chi connectivity index (χ1n) is 6.89. The summed E-state index contributed by atoms with van der Waals surface area (Å²) in [6, 6.07) is 0.418. The van der Waals surface area contributed by atoms with E-state index in [-0.39, 0.29) is 10.7 Å². The summed E-state index contributed by atoms with van der Waals surface area (Å²) < 4.78 is 0.242. The number of aliphatic imine (C=N–C) groups is 1. The molecule has 0 aromatic heterocycles. The van der Waals surface area contributed by atoms with Gasteiger partial charge in [0.25, 0.3) is 0 Å². The van der Waals surface area contributed by atoms with E-state index in [2.05, 4.69) is 34.4 Å². The molecule has 19 heavy (non-hydrogen) atoms. The molecule has 0 spiro atoms. The molecule has 1 aliphatic carbocycles. The van der Waals surface area contributed by atoms with Crippen molar-refractivity contribution in [1.29, 1.82) is 0 Å². The summed E-state index contributed by atoms with van der Waals surface area (Å²) in [5.74, 6) is 2.00. The van der Waals surface area contributed by atoms with E-state index in [1.165, 1.54) is 0 Å². The van der Waals surface area contributed by atoms with Crippen LogP contribution in [-0.2, 0) is 4.79 Å². The lowest BCUT2D eigenvalue weighted by atomic mass is 10.2. The average Bonchev–Trinajstić information content (AvgIpc) is 3.12. The molecule has 0 radical (unpaired) electrons. The van der Waals surface area contributed by atoms with Gasteiger partial charge in [0, 0.05) is 36.7 Å². The van der Waals surface area contributed by atoms with Gasteiger partial charge in [-0.05, 0) is 26.7 Å². The molecule has 2 rings (SSSR count). The van der Waals surface area contributed by atoms with E-state index >= 15 is 0 Å². The molecule has 1 saturated carbocycles. The molecule has 0 bridgehead atoms. The Hall–Kier alpha value is -0.910. The first-order chi connectivity index (χ1) is 9.00. The number of hydrogen-bond donors (Lipinski definition) is 2. The number of carbonyl (C=O) groups excluding carboxylic acids is 1. The predicted octanol–water partition coefficient (Wildman–Crippen LogP) is 0.668. The molecule has 0 atom stereocenters. The normalized spacial score (nSPS) is 23.1. The molecule has 0 unspecified atom stereocenters. The van der Waals surface area contributed by atoms with Crippen LogP contribution in [0.15, 0.2) is 4.99 Å². The maximum absolute atomic E-state index is 11.7. The van der Waals surface area contributed by atoms with Gasteiger partial charge in [-0.1, -0.05) is 0 Å². The van der Waals surface area contributed by atoms with Crippen LogP contribution in [0, 0.1) is 0 Å². The van der Waals surface area contributed by atoms with Gasteiger partial charge in [0.15, 0.2) is 5.96 Å². The van der Waals surface area contributed by atoms with Crippen molar-refractivity contribution in [2.45, 2.75) is 37.5 Å². The highest BCUT2D eigenvalue weighted by molar-refractivity contribution is 8.00. The highest BCUT2D eigenvalue weighted by Gasteiger charge is 2.29. The van der Waals surface area contributed by atoms with Crippen LogP contribution in [0.1, 0.15) is 26.7 Å². The molecular formula is C13H24N4OS. The monoisotopic (exact) mass is 284 g/mol. The third-order valence-electron chi connectivity index (χ3n) is 3.29. The van der Waals surface area contributed by atoms with Crippen LogP contribution >= 0.6 is 11.8 Å². The summed E-state index contributed by atoms with van der Waals surface area (Å²) in [5, 5.41) is 6.14. The van der Waals surface area contributed by atoms with Crippen LogP contribution < -0.4 is 10.6 Å². The third-order valence-corrected chi connectivity index (χ3v) is 4.58. The molecule has 1 saturated heterocycles. The predicted molar refractivity (Wildman–Crippen MR) is 80.6 cm³/mol. The highest BCUT2D eigenvalue weighted by atomic mass is 32.2. The molecule has 6 heteroatoms. The van der Waals surface area contributed by atoms with Crippen molar-refractivity contribution in [3.05, 3.63) is 0 Å². The quantitative estimate of drug-likeness (QED) is 0.591. The van der Waals surface area contributed by atoms with Gasteiger partial charge in [-0.15, -0.1) is 0 Å². The van der Waals surface area contributed by atoms with Gasteiger partial charge in [0.05, 0.1) is 6.54 Å². The molecule has 0 aromatic carbocycles. The van der Waals surface area contributed by atoms with Crippen LogP contribution in [0.5, 0.6) is 0 Å². The zero-order valence-corrected chi connectivity index (χ0v) is 12.8. The molecular weight excluding hydrogens is 260 g/mol. The lowest BCUT2D eigenvalue weighted by Crippen LogP contribution is -2.52. The number of hydrogen-bond acceptors (Lipinski definition) is 3. The lowest BCUT2D eigenvalue weighted by Gasteiger charge is -2.39. The van der Waals surface area contributed by atoms with E-state index in [1.54, 1.807) is 7.05 Å². The molecule has 108 valence electrons. The van der Waals surface area contributed by atoms with E-state index in [1.807, 2.05) is 11.8 Å². The SMILES string of the molecule is CN=C(NCC(=O)NC1CC1)N1CCSC(C)(C)C1. The van der Waals surface area contributed by atoms with Gasteiger partial charge in [-0.25, -0.2) is 0 Å². The van der Waals surface area contributed by atoms with Gasteiger partial charge in [0.2, 0.25) is 5.91 Å².